The molecule has 2 fully saturated rings. The molecule has 9 heteroatoms. The second-order valence-corrected chi connectivity index (χ2v) is 8.23. The van der Waals surface area contributed by atoms with Crippen molar-refractivity contribution in [2.45, 2.75) is 47.8 Å². The van der Waals surface area contributed by atoms with Gasteiger partial charge in [0.1, 0.15) is 17.2 Å². The van der Waals surface area contributed by atoms with Crippen molar-refractivity contribution in [2.75, 3.05) is 20.2 Å². The van der Waals surface area contributed by atoms with Gasteiger partial charge in [-0.25, -0.2) is 14.4 Å². The van der Waals surface area contributed by atoms with Crippen LogP contribution in [0.1, 0.15) is 43.5 Å². The van der Waals surface area contributed by atoms with Gasteiger partial charge in [-0.05, 0) is 50.1 Å². The zero-order valence-electron chi connectivity index (χ0n) is 15.6. The van der Waals surface area contributed by atoms with Crippen LogP contribution in [0.5, 0.6) is 5.75 Å². The number of hydrogen-bond acceptors (Lipinski definition) is 7. The topological polar surface area (TPSA) is 77.8 Å². The molecular weight excluding hydrogens is 379 g/mol. The summed E-state index contributed by atoms with van der Waals surface area (Å²) in [4.78, 5) is 8.63. The summed E-state index contributed by atoms with van der Waals surface area (Å²) in [5.41, 5.74) is 0.546. The van der Waals surface area contributed by atoms with Crippen molar-refractivity contribution < 1.29 is 9.13 Å². The maximum atomic E-state index is 14.0. The first-order valence-electron chi connectivity index (χ1n) is 9.56. The smallest absolute Gasteiger partial charge is 0.197 e. The van der Waals surface area contributed by atoms with E-state index in [9.17, 15) is 4.39 Å². The third-order valence-corrected chi connectivity index (χ3v) is 6.30. The van der Waals surface area contributed by atoms with Crippen LogP contribution < -0.4 is 10.1 Å². The fraction of sp³-hybridized carbons (Fsp3) is 0.474. The van der Waals surface area contributed by atoms with Crippen molar-refractivity contribution in [1.29, 1.82) is 0 Å². The Hall–Kier alpha value is -2.26. The van der Waals surface area contributed by atoms with Gasteiger partial charge in [0.05, 0.1) is 12.6 Å². The molecule has 1 atom stereocenters. The van der Waals surface area contributed by atoms with Gasteiger partial charge < -0.3 is 14.6 Å². The molecule has 3 aromatic rings. The Bertz CT molecular complexity index is 1020. The number of piperidine rings is 1. The number of methoxy groups -OCH3 is 1. The van der Waals surface area contributed by atoms with E-state index in [2.05, 4.69) is 30.0 Å². The molecule has 2 aliphatic rings. The number of nitrogens with one attached hydrogen (secondary N) is 1. The van der Waals surface area contributed by atoms with Gasteiger partial charge in [0, 0.05) is 30.0 Å². The summed E-state index contributed by atoms with van der Waals surface area (Å²) < 4.78 is 21.5. The second-order valence-electron chi connectivity index (χ2n) is 7.27. The normalized spacial score (nSPS) is 19.9. The SMILES string of the molecule is COc1cc2c(Sc3nnc(C4CCCNC4)n3C3CC3)ncnc2cc1F. The number of rotatable bonds is 5. The van der Waals surface area contributed by atoms with Crippen molar-refractivity contribution in [1.82, 2.24) is 30.0 Å². The number of fused-ring (bicyclic) bond motifs is 1. The van der Waals surface area contributed by atoms with E-state index in [-0.39, 0.29) is 5.75 Å². The second kappa shape index (κ2) is 7.29. The largest absolute Gasteiger partial charge is 0.494 e. The summed E-state index contributed by atoms with van der Waals surface area (Å²) >= 11 is 1.46. The van der Waals surface area contributed by atoms with Crippen molar-refractivity contribution in [2.24, 2.45) is 0 Å². The fourth-order valence-corrected chi connectivity index (χ4v) is 4.71. The molecule has 1 aliphatic heterocycles. The predicted octanol–water partition coefficient (Wildman–Crippen LogP) is 3.32. The first-order valence-corrected chi connectivity index (χ1v) is 10.4. The van der Waals surface area contributed by atoms with Crippen molar-refractivity contribution in [3.8, 4) is 5.75 Å². The molecule has 1 saturated carbocycles. The zero-order chi connectivity index (χ0) is 19.1. The van der Waals surface area contributed by atoms with Crippen molar-refractivity contribution in [3.63, 3.8) is 0 Å². The minimum absolute atomic E-state index is 0.182. The average Bonchev–Trinajstić information content (AvgIpc) is 3.48. The maximum Gasteiger partial charge on any atom is 0.197 e. The van der Waals surface area contributed by atoms with E-state index in [0.717, 1.165) is 60.2 Å². The number of ether oxygens (including phenoxy) is 1. The van der Waals surface area contributed by atoms with Gasteiger partial charge in [0.2, 0.25) is 0 Å². The lowest BCUT2D eigenvalue weighted by molar-refractivity contribution is 0.387. The van der Waals surface area contributed by atoms with Crippen molar-refractivity contribution in [3.05, 3.63) is 30.1 Å². The molecule has 7 nitrogen and oxygen atoms in total. The van der Waals surface area contributed by atoms with E-state index in [0.29, 0.717) is 17.5 Å². The summed E-state index contributed by atoms with van der Waals surface area (Å²) in [7, 11) is 1.45. The average molecular weight is 400 g/mol. The number of hydrogen-bond donors (Lipinski definition) is 1. The Kier molecular flexibility index (Phi) is 4.64. The lowest BCUT2D eigenvalue weighted by Gasteiger charge is -2.22. The monoisotopic (exact) mass is 400 g/mol. The number of benzene rings is 1. The highest BCUT2D eigenvalue weighted by Gasteiger charge is 2.33. The van der Waals surface area contributed by atoms with Gasteiger partial charge in [-0.15, -0.1) is 10.2 Å². The summed E-state index contributed by atoms with van der Waals surface area (Å²) in [6.45, 7) is 2.02. The Balaban J connectivity index is 1.54. The predicted molar refractivity (Wildman–Crippen MR) is 103 cm³/mol. The van der Waals surface area contributed by atoms with E-state index in [1.807, 2.05) is 0 Å². The first kappa shape index (κ1) is 17.8. The molecule has 1 aromatic carbocycles. The highest BCUT2D eigenvalue weighted by Crippen LogP contribution is 2.43. The maximum absolute atomic E-state index is 14.0. The van der Waals surface area contributed by atoms with Crippen LogP contribution in [0.2, 0.25) is 0 Å². The third kappa shape index (κ3) is 3.22. The molecule has 3 heterocycles. The van der Waals surface area contributed by atoms with E-state index >= 15 is 0 Å². The number of nitrogens with zero attached hydrogens (tertiary/aromatic N) is 5. The van der Waals surface area contributed by atoms with Crippen molar-refractivity contribution >= 4 is 22.7 Å². The van der Waals surface area contributed by atoms with E-state index in [1.54, 1.807) is 6.07 Å². The van der Waals surface area contributed by atoms with Crippen LogP contribution >= 0.6 is 11.8 Å². The highest BCUT2D eigenvalue weighted by atomic mass is 32.2. The summed E-state index contributed by atoms with van der Waals surface area (Å²) in [6, 6.07) is 3.50. The van der Waals surface area contributed by atoms with Crippen LogP contribution in [0.15, 0.2) is 28.6 Å². The van der Waals surface area contributed by atoms with Crippen LogP contribution in [0.4, 0.5) is 4.39 Å². The van der Waals surface area contributed by atoms with Crippen LogP contribution in [0.25, 0.3) is 10.9 Å². The molecule has 1 aliphatic carbocycles. The molecule has 2 aromatic heterocycles. The van der Waals surface area contributed by atoms with E-state index in [4.69, 9.17) is 4.74 Å². The molecule has 0 spiro atoms. The Morgan fingerprint density at radius 1 is 1.21 bits per heavy atom. The van der Waals surface area contributed by atoms with Gasteiger partial charge in [-0.1, -0.05) is 0 Å². The first-order chi connectivity index (χ1) is 13.7. The minimum Gasteiger partial charge on any atom is -0.494 e. The summed E-state index contributed by atoms with van der Waals surface area (Å²) in [5.74, 6) is 1.21. The van der Waals surface area contributed by atoms with Crippen LogP contribution in [-0.4, -0.2) is 44.9 Å². The summed E-state index contributed by atoms with van der Waals surface area (Å²) in [5, 5.41) is 14.8. The van der Waals surface area contributed by atoms with E-state index in [1.165, 1.54) is 31.3 Å². The molecule has 1 N–H and O–H groups in total. The van der Waals surface area contributed by atoms with Crippen LogP contribution in [-0.2, 0) is 0 Å². The third-order valence-electron chi connectivity index (χ3n) is 5.33. The molecule has 0 radical (unpaired) electrons. The van der Waals surface area contributed by atoms with Gasteiger partial charge in [0.15, 0.2) is 16.7 Å². The van der Waals surface area contributed by atoms with Gasteiger partial charge >= 0.3 is 0 Å². The lowest BCUT2D eigenvalue weighted by Crippen LogP contribution is -2.30. The quantitative estimate of drug-likeness (QED) is 0.658. The highest BCUT2D eigenvalue weighted by molar-refractivity contribution is 7.99. The molecule has 1 saturated heterocycles. The molecule has 28 heavy (non-hydrogen) atoms. The Morgan fingerprint density at radius 3 is 2.86 bits per heavy atom. The fourth-order valence-electron chi connectivity index (χ4n) is 3.74. The van der Waals surface area contributed by atoms with Gasteiger partial charge in [0.25, 0.3) is 0 Å². The zero-order valence-corrected chi connectivity index (χ0v) is 16.4. The van der Waals surface area contributed by atoms with Gasteiger partial charge in [-0.2, -0.15) is 0 Å². The minimum atomic E-state index is -0.433. The number of halogens is 1. The molecule has 1 unspecified atom stereocenters. The molecule has 5 rings (SSSR count). The number of aromatic nitrogens is 5. The standard InChI is InChI=1S/C19H21FN6OS/c1-27-16-7-13-15(8-14(16)20)22-10-23-18(13)28-19-25-24-17(26(19)12-4-5-12)11-3-2-6-21-9-11/h7-8,10-12,21H,2-6,9H2,1H3. The lowest BCUT2D eigenvalue weighted by atomic mass is 9.99. The molecular formula is C19H21FN6OS. The van der Waals surface area contributed by atoms with Crippen LogP contribution in [0.3, 0.4) is 0 Å². The molecule has 146 valence electrons. The van der Waals surface area contributed by atoms with Gasteiger partial charge in [-0.3, -0.25) is 0 Å². The Labute approximate surface area is 166 Å². The summed E-state index contributed by atoms with van der Waals surface area (Å²) in [6.07, 6.45) is 6.06. The van der Waals surface area contributed by atoms with Crippen LogP contribution in [0, 0.1) is 5.82 Å². The molecule has 0 amide bonds. The molecule has 0 bridgehead atoms. The Morgan fingerprint density at radius 2 is 2.11 bits per heavy atom. The van der Waals surface area contributed by atoms with E-state index < -0.39 is 5.82 Å².